The third-order valence-corrected chi connectivity index (χ3v) is 6.83. The summed E-state index contributed by atoms with van der Waals surface area (Å²) >= 11 is 5.96. The Balaban J connectivity index is 1.86. The number of sulfone groups is 1. The van der Waals surface area contributed by atoms with Gasteiger partial charge in [0.1, 0.15) is 5.75 Å². The summed E-state index contributed by atoms with van der Waals surface area (Å²) in [6.45, 7) is 5.84. The minimum absolute atomic E-state index is 0.0442. The fourth-order valence-electron chi connectivity index (χ4n) is 3.11. The van der Waals surface area contributed by atoms with E-state index in [4.69, 9.17) is 16.3 Å². The second-order valence-corrected chi connectivity index (χ2v) is 9.62. The highest BCUT2D eigenvalue weighted by Gasteiger charge is 2.23. The number of carbonyl (C=O) groups is 1. The van der Waals surface area contributed by atoms with Crippen LogP contribution in [0.1, 0.15) is 18.1 Å². The van der Waals surface area contributed by atoms with E-state index < -0.39 is 9.84 Å². The van der Waals surface area contributed by atoms with Crippen LogP contribution in [0, 0.1) is 13.8 Å². The zero-order valence-corrected chi connectivity index (χ0v) is 19.7. The Bertz CT molecular complexity index is 1230. The van der Waals surface area contributed by atoms with Gasteiger partial charge in [-0.05, 0) is 68.8 Å². The molecule has 3 rings (SSSR count). The van der Waals surface area contributed by atoms with Crippen molar-refractivity contribution in [3.05, 3.63) is 76.8 Å². The predicted octanol–water partition coefficient (Wildman–Crippen LogP) is 5.24. The van der Waals surface area contributed by atoms with Gasteiger partial charge in [0, 0.05) is 16.8 Å². The molecule has 0 unspecified atom stereocenters. The third-order valence-electron chi connectivity index (χ3n) is 4.79. The Hall–Kier alpha value is -3.03. The topological polar surface area (TPSA) is 84.5 Å². The van der Waals surface area contributed by atoms with Gasteiger partial charge in [0.2, 0.25) is 15.7 Å². The first-order valence-electron chi connectivity index (χ1n) is 10.1. The molecule has 8 heteroatoms. The van der Waals surface area contributed by atoms with Crippen molar-refractivity contribution in [3.63, 3.8) is 0 Å². The highest BCUT2D eigenvalue weighted by Crippen LogP contribution is 2.31. The molecule has 6 nitrogen and oxygen atoms in total. The van der Waals surface area contributed by atoms with Crippen molar-refractivity contribution in [2.45, 2.75) is 30.6 Å². The molecule has 0 aromatic heterocycles. The lowest BCUT2D eigenvalue weighted by molar-refractivity contribution is -0.114. The Morgan fingerprint density at radius 3 is 2.31 bits per heavy atom. The second kappa shape index (κ2) is 10.1. The lowest BCUT2D eigenvalue weighted by atomic mass is 10.2. The maximum absolute atomic E-state index is 13.3. The fourth-order valence-corrected chi connectivity index (χ4v) is 4.79. The lowest BCUT2D eigenvalue weighted by Crippen LogP contribution is -2.23. The number of hydrogen-bond acceptors (Lipinski definition) is 5. The molecule has 0 saturated carbocycles. The Labute approximate surface area is 193 Å². The summed E-state index contributed by atoms with van der Waals surface area (Å²) in [5.74, 6) is 0.118. The van der Waals surface area contributed by atoms with Gasteiger partial charge in [-0.2, -0.15) is 0 Å². The fraction of sp³-hybridized carbons (Fsp3) is 0.208. The molecule has 168 valence electrons. The summed E-state index contributed by atoms with van der Waals surface area (Å²) < 4.78 is 32.1. The van der Waals surface area contributed by atoms with Crippen molar-refractivity contribution in [1.82, 2.24) is 0 Å². The van der Waals surface area contributed by atoms with E-state index in [2.05, 4.69) is 10.6 Å². The summed E-state index contributed by atoms with van der Waals surface area (Å²) in [5.41, 5.74) is 2.74. The maximum atomic E-state index is 13.3. The predicted molar refractivity (Wildman–Crippen MR) is 128 cm³/mol. The molecule has 3 aromatic carbocycles. The number of amides is 1. The minimum Gasteiger partial charge on any atom is -0.494 e. The summed E-state index contributed by atoms with van der Waals surface area (Å²) in [5, 5.41) is 6.33. The van der Waals surface area contributed by atoms with E-state index in [1.807, 2.05) is 20.8 Å². The average Bonchev–Trinajstić information content (AvgIpc) is 2.75. The molecule has 32 heavy (non-hydrogen) atoms. The van der Waals surface area contributed by atoms with E-state index in [1.165, 1.54) is 6.07 Å². The van der Waals surface area contributed by atoms with Crippen LogP contribution >= 0.6 is 11.6 Å². The highest BCUT2D eigenvalue weighted by molar-refractivity contribution is 7.91. The van der Waals surface area contributed by atoms with Crippen molar-refractivity contribution in [2.24, 2.45) is 0 Å². The number of hydrogen-bond donors (Lipinski definition) is 2. The number of rotatable bonds is 8. The zero-order valence-electron chi connectivity index (χ0n) is 18.1. The first kappa shape index (κ1) is 23.6. The van der Waals surface area contributed by atoms with Crippen LogP contribution in [0.4, 0.5) is 11.4 Å². The molecular formula is C24H25ClN2O4S. The number of benzene rings is 3. The van der Waals surface area contributed by atoms with Gasteiger partial charge in [0.15, 0.2) is 0 Å². The number of anilines is 2. The van der Waals surface area contributed by atoms with Crippen molar-refractivity contribution >= 4 is 38.7 Å². The van der Waals surface area contributed by atoms with Gasteiger partial charge in [-0.25, -0.2) is 8.42 Å². The molecule has 0 radical (unpaired) electrons. The van der Waals surface area contributed by atoms with Crippen LogP contribution < -0.4 is 15.4 Å². The van der Waals surface area contributed by atoms with Crippen LogP contribution in [0.3, 0.4) is 0 Å². The van der Waals surface area contributed by atoms with Crippen LogP contribution in [0.5, 0.6) is 5.75 Å². The second-order valence-electron chi connectivity index (χ2n) is 7.27. The zero-order chi connectivity index (χ0) is 23.3. The molecule has 3 aromatic rings. The largest absolute Gasteiger partial charge is 0.494 e. The van der Waals surface area contributed by atoms with E-state index >= 15 is 0 Å². The van der Waals surface area contributed by atoms with Crippen LogP contribution in [0.25, 0.3) is 0 Å². The number of halogens is 1. The molecule has 0 aliphatic carbocycles. The summed E-state index contributed by atoms with van der Waals surface area (Å²) in [6.07, 6.45) is 0. The van der Waals surface area contributed by atoms with Crippen molar-refractivity contribution < 1.29 is 17.9 Å². The minimum atomic E-state index is -3.83. The van der Waals surface area contributed by atoms with Gasteiger partial charge in [-0.15, -0.1) is 0 Å². The Morgan fingerprint density at radius 1 is 0.969 bits per heavy atom. The molecule has 0 heterocycles. The molecule has 0 fully saturated rings. The SMILES string of the molecule is CCOc1ccc(NCC(=O)Nc2ccc(Cl)cc2C)c(S(=O)(=O)c2ccc(C)cc2)c1. The van der Waals surface area contributed by atoms with Gasteiger partial charge in [0.25, 0.3) is 0 Å². The van der Waals surface area contributed by atoms with E-state index in [1.54, 1.807) is 54.6 Å². The van der Waals surface area contributed by atoms with Gasteiger partial charge < -0.3 is 15.4 Å². The summed E-state index contributed by atoms with van der Waals surface area (Å²) in [6, 6.07) is 16.5. The smallest absolute Gasteiger partial charge is 0.243 e. The van der Waals surface area contributed by atoms with Crippen molar-refractivity contribution in [1.29, 1.82) is 0 Å². The van der Waals surface area contributed by atoms with Crippen LogP contribution in [0.2, 0.25) is 5.02 Å². The third kappa shape index (κ3) is 5.60. The Kier molecular flexibility index (Phi) is 7.43. The van der Waals surface area contributed by atoms with Crippen molar-refractivity contribution in [3.8, 4) is 5.75 Å². The molecule has 0 bridgehead atoms. The van der Waals surface area contributed by atoms with Gasteiger partial charge in [-0.3, -0.25) is 4.79 Å². The standard InChI is InChI=1S/C24H25ClN2O4S/c1-4-31-19-8-12-22(23(14-19)32(29,30)20-9-5-16(2)6-10-20)26-15-24(28)27-21-11-7-18(25)13-17(21)3/h5-14,26H,4,15H2,1-3H3,(H,27,28). The van der Waals surface area contributed by atoms with Crippen LogP contribution in [-0.4, -0.2) is 27.5 Å². The molecule has 2 N–H and O–H groups in total. The van der Waals surface area contributed by atoms with E-state index in [0.29, 0.717) is 28.8 Å². The summed E-state index contributed by atoms with van der Waals surface area (Å²) in [7, 11) is -3.83. The number of aryl methyl sites for hydroxylation is 2. The molecular weight excluding hydrogens is 448 g/mol. The Morgan fingerprint density at radius 2 is 1.66 bits per heavy atom. The first-order chi connectivity index (χ1) is 15.2. The lowest BCUT2D eigenvalue weighted by Gasteiger charge is -2.15. The molecule has 0 aliphatic heterocycles. The monoisotopic (exact) mass is 472 g/mol. The van der Waals surface area contributed by atoms with Crippen LogP contribution in [0.15, 0.2) is 70.5 Å². The highest BCUT2D eigenvalue weighted by atomic mass is 35.5. The van der Waals surface area contributed by atoms with Gasteiger partial charge in [0.05, 0.1) is 28.6 Å². The van der Waals surface area contributed by atoms with Gasteiger partial charge >= 0.3 is 0 Å². The van der Waals surface area contributed by atoms with E-state index in [-0.39, 0.29) is 22.2 Å². The maximum Gasteiger partial charge on any atom is 0.243 e. The molecule has 0 atom stereocenters. The first-order valence-corrected chi connectivity index (χ1v) is 12.0. The molecule has 1 amide bonds. The van der Waals surface area contributed by atoms with Crippen LogP contribution in [-0.2, 0) is 14.6 Å². The number of carbonyl (C=O) groups excluding carboxylic acids is 1. The van der Waals surface area contributed by atoms with E-state index in [9.17, 15) is 13.2 Å². The van der Waals surface area contributed by atoms with Gasteiger partial charge in [-0.1, -0.05) is 29.3 Å². The number of ether oxygens (including phenoxy) is 1. The molecule has 0 saturated heterocycles. The molecule has 0 aliphatic rings. The van der Waals surface area contributed by atoms with Crippen molar-refractivity contribution in [2.75, 3.05) is 23.8 Å². The average molecular weight is 473 g/mol. The normalized spacial score (nSPS) is 11.1. The van der Waals surface area contributed by atoms with E-state index in [0.717, 1.165) is 11.1 Å². The molecule has 0 spiro atoms. The number of nitrogens with one attached hydrogen (secondary N) is 2. The summed E-state index contributed by atoms with van der Waals surface area (Å²) in [4.78, 5) is 12.7. The quantitative estimate of drug-likeness (QED) is 0.468.